The Kier molecular flexibility index (Phi) is 5.98. The van der Waals surface area contributed by atoms with E-state index in [2.05, 4.69) is 5.32 Å². The number of nitrogens with zero attached hydrogens (tertiary/aromatic N) is 1. The van der Waals surface area contributed by atoms with Gasteiger partial charge in [-0.05, 0) is 44.0 Å². The lowest BCUT2D eigenvalue weighted by Gasteiger charge is -2.18. The van der Waals surface area contributed by atoms with Crippen molar-refractivity contribution in [2.24, 2.45) is 0 Å². The van der Waals surface area contributed by atoms with Gasteiger partial charge in [0, 0.05) is 27.8 Å². The second-order valence-corrected chi connectivity index (χ2v) is 8.74. The van der Waals surface area contributed by atoms with Gasteiger partial charge in [-0.2, -0.15) is 0 Å². The van der Waals surface area contributed by atoms with Crippen LogP contribution in [0.2, 0.25) is 10.0 Å². The highest BCUT2D eigenvalue weighted by molar-refractivity contribution is 7.21. The zero-order chi connectivity index (χ0) is 20.6. The average molecular weight is 435 g/mol. The molecule has 28 heavy (non-hydrogen) atoms. The molecule has 0 bridgehead atoms. The number of rotatable bonds is 4. The number of hydrogen-bond acceptors (Lipinski definition) is 3. The summed E-state index contributed by atoms with van der Waals surface area (Å²) < 4.78 is 0.838. The summed E-state index contributed by atoms with van der Waals surface area (Å²) in [5, 5.41) is 4.66. The van der Waals surface area contributed by atoms with Gasteiger partial charge in [-0.15, -0.1) is 11.3 Å². The number of fused-ring (bicyclic) bond motifs is 1. The van der Waals surface area contributed by atoms with Crippen LogP contribution < -0.4 is 5.32 Å². The second-order valence-electron chi connectivity index (χ2n) is 6.87. The molecule has 2 amide bonds. The van der Waals surface area contributed by atoms with Crippen LogP contribution in [0.15, 0.2) is 30.3 Å². The van der Waals surface area contributed by atoms with E-state index in [0.717, 1.165) is 32.5 Å². The predicted octanol–water partition coefficient (Wildman–Crippen LogP) is 5.84. The normalized spacial score (nSPS) is 10.9. The number of halogens is 2. The van der Waals surface area contributed by atoms with Gasteiger partial charge in [-0.25, -0.2) is 0 Å². The highest BCUT2D eigenvalue weighted by Crippen LogP contribution is 2.37. The smallest absolute Gasteiger partial charge is 0.265 e. The SMILES string of the molecule is Cc1cc(C)c(NC(=O)CN(C)C(=O)c2sc3cc(Cl)ccc3c2Cl)c(C)c1. The van der Waals surface area contributed by atoms with Crippen LogP contribution in [0, 0.1) is 20.8 Å². The quantitative estimate of drug-likeness (QED) is 0.560. The van der Waals surface area contributed by atoms with Crippen LogP contribution in [0.3, 0.4) is 0 Å². The summed E-state index contributed by atoms with van der Waals surface area (Å²) in [7, 11) is 1.59. The Morgan fingerprint density at radius 2 is 1.71 bits per heavy atom. The van der Waals surface area contributed by atoms with E-state index >= 15 is 0 Å². The minimum atomic E-state index is -0.296. The van der Waals surface area contributed by atoms with E-state index in [1.165, 1.54) is 16.2 Å². The lowest BCUT2D eigenvalue weighted by molar-refractivity contribution is -0.116. The monoisotopic (exact) mass is 434 g/mol. The number of benzene rings is 2. The first kappa shape index (κ1) is 20.6. The molecule has 1 heterocycles. The molecule has 0 radical (unpaired) electrons. The molecule has 0 aliphatic rings. The van der Waals surface area contributed by atoms with Gasteiger partial charge in [0.2, 0.25) is 5.91 Å². The molecular formula is C21H20Cl2N2O2S. The van der Waals surface area contributed by atoms with Crippen LogP contribution in [0.5, 0.6) is 0 Å². The van der Waals surface area contributed by atoms with Crippen molar-refractivity contribution in [2.75, 3.05) is 18.9 Å². The third-order valence-corrected chi connectivity index (χ3v) is 6.33. The van der Waals surface area contributed by atoms with Gasteiger partial charge in [-0.1, -0.05) is 47.0 Å². The van der Waals surface area contributed by atoms with Gasteiger partial charge in [0.15, 0.2) is 0 Å². The summed E-state index contributed by atoms with van der Waals surface area (Å²) in [6.07, 6.45) is 0. The Morgan fingerprint density at radius 1 is 1.07 bits per heavy atom. The summed E-state index contributed by atoms with van der Waals surface area (Å²) in [5.74, 6) is -0.555. The maximum absolute atomic E-state index is 12.8. The minimum absolute atomic E-state index is 0.0725. The van der Waals surface area contributed by atoms with Crippen LogP contribution >= 0.6 is 34.5 Å². The largest absolute Gasteiger partial charge is 0.332 e. The first-order valence-electron chi connectivity index (χ1n) is 8.68. The number of carbonyl (C=O) groups excluding carboxylic acids is 2. The first-order chi connectivity index (χ1) is 13.2. The summed E-state index contributed by atoms with van der Waals surface area (Å²) in [5.41, 5.74) is 3.90. The number of nitrogens with one attached hydrogen (secondary N) is 1. The molecule has 3 rings (SSSR count). The summed E-state index contributed by atoms with van der Waals surface area (Å²) in [4.78, 5) is 27.1. The summed E-state index contributed by atoms with van der Waals surface area (Å²) >= 11 is 13.7. The fourth-order valence-corrected chi connectivity index (χ4v) is 4.98. The molecular weight excluding hydrogens is 415 g/mol. The van der Waals surface area contributed by atoms with Gasteiger partial charge >= 0.3 is 0 Å². The summed E-state index contributed by atoms with van der Waals surface area (Å²) in [6, 6.07) is 9.34. The molecule has 7 heteroatoms. The Labute approximate surface area is 178 Å². The van der Waals surface area contributed by atoms with Crippen molar-refractivity contribution in [2.45, 2.75) is 20.8 Å². The molecule has 3 aromatic rings. The third kappa shape index (κ3) is 4.17. The molecule has 0 aliphatic heterocycles. The first-order valence-corrected chi connectivity index (χ1v) is 10.3. The van der Waals surface area contributed by atoms with Crippen molar-refractivity contribution in [1.82, 2.24) is 4.90 Å². The van der Waals surface area contributed by atoms with E-state index in [0.29, 0.717) is 14.9 Å². The third-order valence-electron chi connectivity index (χ3n) is 4.45. The highest BCUT2D eigenvalue weighted by atomic mass is 35.5. The average Bonchev–Trinajstić information content (AvgIpc) is 2.93. The molecule has 1 aromatic heterocycles. The van der Waals surface area contributed by atoms with Crippen molar-refractivity contribution < 1.29 is 9.59 Å². The van der Waals surface area contributed by atoms with Crippen LogP contribution in [0.4, 0.5) is 5.69 Å². The van der Waals surface area contributed by atoms with Crippen molar-refractivity contribution in [1.29, 1.82) is 0 Å². The second kappa shape index (κ2) is 8.11. The Hall–Kier alpha value is -2.08. The molecule has 0 spiro atoms. The van der Waals surface area contributed by atoms with Gasteiger partial charge in [0.05, 0.1) is 11.6 Å². The molecule has 146 valence electrons. The maximum atomic E-state index is 12.8. The van der Waals surface area contributed by atoms with Crippen molar-refractivity contribution in [3.05, 3.63) is 61.9 Å². The lowest BCUT2D eigenvalue weighted by atomic mass is 10.1. The molecule has 2 aromatic carbocycles. The molecule has 0 saturated heterocycles. The number of anilines is 1. The molecule has 0 fully saturated rings. The van der Waals surface area contributed by atoms with Crippen LogP contribution in [-0.4, -0.2) is 30.3 Å². The number of hydrogen-bond donors (Lipinski definition) is 1. The Balaban J connectivity index is 1.76. The van der Waals surface area contributed by atoms with E-state index in [1.54, 1.807) is 25.2 Å². The number of amides is 2. The Morgan fingerprint density at radius 3 is 2.36 bits per heavy atom. The van der Waals surface area contributed by atoms with E-state index < -0.39 is 0 Å². The van der Waals surface area contributed by atoms with Crippen molar-refractivity contribution in [3.8, 4) is 0 Å². The van der Waals surface area contributed by atoms with Crippen LogP contribution in [0.1, 0.15) is 26.4 Å². The zero-order valence-corrected chi connectivity index (χ0v) is 18.4. The highest BCUT2D eigenvalue weighted by Gasteiger charge is 2.22. The molecule has 0 atom stereocenters. The molecule has 0 saturated carbocycles. The van der Waals surface area contributed by atoms with E-state index in [4.69, 9.17) is 23.2 Å². The zero-order valence-electron chi connectivity index (χ0n) is 16.0. The van der Waals surface area contributed by atoms with Crippen LogP contribution in [0.25, 0.3) is 10.1 Å². The van der Waals surface area contributed by atoms with Crippen LogP contribution in [-0.2, 0) is 4.79 Å². The standard InChI is InChI=1S/C21H20Cl2N2O2S/c1-11-7-12(2)19(13(3)8-11)24-17(26)10-25(4)21(27)20-18(23)15-6-5-14(22)9-16(15)28-20/h5-9H,10H2,1-4H3,(H,24,26). The number of likely N-dealkylation sites (N-methyl/N-ethyl adjacent to an activating group) is 1. The van der Waals surface area contributed by atoms with E-state index in [1.807, 2.05) is 32.9 Å². The van der Waals surface area contributed by atoms with Gasteiger partial charge in [-0.3, -0.25) is 9.59 Å². The predicted molar refractivity (Wildman–Crippen MR) is 118 cm³/mol. The molecule has 4 nitrogen and oxygen atoms in total. The molecule has 0 aliphatic carbocycles. The number of carbonyl (C=O) groups is 2. The van der Waals surface area contributed by atoms with Gasteiger partial charge in [0.1, 0.15) is 4.88 Å². The Bertz CT molecular complexity index is 1070. The topological polar surface area (TPSA) is 49.4 Å². The number of aryl methyl sites for hydroxylation is 3. The minimum Gasteiger partial charge on any atom is -0.332 e. The lowest BCUT2D eigenvalue weighted by Crippen LogP contribution is -2.34. The number of thiophene rings is 1. The van der Waals surface area contributed by atoms with Gasteiger partial charge in [0.25, 0.3) is 5.91 Å². The van der Waals surface area contributed by atoms with Crippen molar-refractivity contribution in [3.63, 3.8) is 0 Å². The summed E-state index contributed by atoms with van der Waals surface area (Å²) in [6.45, 7) is 5.84. The van der Waals surface area contributed by atoms with Crippen molar-refractivity contribution >= 4 is 62.1 Å². The van der Waals surface area contributed by atoms with Gasteiger partial charge < -0.3 is 10.2 Å². The van der Waals surface area contributed by atoms with E-state index in [9.17, 15) is 9.59 Å². The fourth-order valence-electron chi connectivity index (χ4n) is 3.19. The fraction of sp³-hybridized carbons (Fsp3) is 0.238. The molecule has 1 N–H and O–H groups in total. The molecule has 0 unspecified atom stereocenters. The van der Waals surface area contributed by atoms with E-state index in [-0.39, 0.29) is 18.4 Å². The maximum Gasteiger partial charge on any atom is 0.265 e.